The highest BCUT2D eigenvalue weighted by Gasteiger charge is 2.56. The average molecular weight is 293 g/mol. The van der Waals surface area contributed by atoms with Crippen LogP contribution in [-0.2, 0) is 4.79 Å². The second-order valence-corrected chi connectivity index (χ2v) is 6.37. The third-order valence-electron chi connectivity index (χ3n) is 5.00. The van der Waals surface area contributed by atoms with Crippen LogP contribution in [-0.4, -0.2) is 15.9 Å². The Kier molecular flexibility index (Phi) is 3.17. The van der Waals surface area contributed by atoms with Gasteiger partial charge in [-0.25, -0.2) is 4.98 Å². The standard InChI is InChI=1S/C18H19N3O/c1-11-10-20-16(9-14(11)15-7-2-3-8-19-15)21-18(22)17-12-5-4-6-13(12)17/h2-3,7-10,12-13,17H,4-6H2,1H3,(H,20,21,22)/t12-,13+,17?. The van der Waals surface area contributed by atoms with Crippen LogP contribution in [0.3, 0.4) is 0 Å². The van der Waals surface area contributed by atoms with Crippen LogP contribution in [0.1, 0.15) is 24.8 Å². The number of nitrogens with one attached hydrogen (secondary N) is 1. The lowest BCUT2D eigenvalue weighted by molar-refractivity contribution is -0.118. The lowest BCUT2D eigenvalue weighted by atomic mass is 10.1. The zero-order valence-corrected chi connectivity index (χ0v) is 12.6. The number of hydrogen-bond acceptors (Lipinski definition) is 3. The molecule has 3 atom stereocenters. The number of carbonyl (C=O) groups excluding carboxylic acids is 1. The van der Waals surface area contributed by atoms with Gasteiger partial charge in [0.15, 0.2) is 0 Å². The van der Waals surface area contributed by atoms with Gasteiger partial charge in [-0.05, 0) is 55.4 Å². The van der Waals surface area contributed by atoms with E-state index in [2.05, 4.69) is 15.3 Å². The zero-order chi connectivity index (χ0) is 15.1. The Bertz CT molecular complexity index is 704. The van der Waals surface area contributed by atoms with Crippen LogP contribution < -0.4 is 5.32 Å². The van der Waals surface area contributed by atoms with Crippen molar-refractivity contribution < 1.29 is 4.79 Å². The highest BCUT2D eigenvalue weighted by molar-refractivity contribution is 5.94. The van der Waals surface area contributed by atoms with Crippen LogP contribution in [0.2, 0.25) is 0 Å². The van der Waals surface area contributed by atoms with Crippen LogP contribution >= 0.6 is 0 Å². The van der Waals surface area contributed by atoms with E-state index >= 15 is 0 Å². The first-order valence-electron chi connectivity index (χ1n) is 7.93. The fraction of sp³-hybridized carbons (Fsp3) is 0.389. The van der Waals surface area contributed by atoms with Crippen molar-refractivity contribution in [1.29, 1.82) is 0 Å². The van der Waals surface area contributed by atoms with Crippen molar-refractivity contribution in [3.63, 3.8) is 0 Å². The van der Waals surface area contributed by atoms with Crippen molar-refractivity contribution in [2.75, 3.05) is 5.32 Å². The number of hydrogen-bond donors (Lipinski definition) is 1. The molecule has 22 heavy (non-hydrogen) atoms. The molecule has 1 amide bonds. The molecule has 4 heteroatoms. The first kappa shape index (κ1) is 13.4. The molecule has 0 aliphatic heterocycles. The number of aromatic nitrogens is 2. The molecule has 2 heterocycles. The molecule has 2 aromatic rings. The molecule has 0 radical (unpaired) electrons. The molecule has 0 aromatic carbocycles. The SMILES string of the molecule is Cc1cnc(NC(=O)C2[C@H]3CCC[C@@H]23)cc1-c1ccccn1. The maximum Gasteiger partial charge on any atom is 0.229 e. The number of carbonyl (C=O) groups is 1. The van der Waals surface area contributed by atoms with E-state index in [0.29, 0.717) is 17.7 Å². The average Bonchev–Trinajstić information content (AvgIpc) is 3.03. The van der Waals surface area contributed by atoms with E-state index in [0.717, 1.165) is 16.8 Å². The van der Waals surface area contributed by atoms with Crippen LogP contribution in [0.15, 0.2) is 36.7 Å². The van der Waals surface area contributed by atoms with Gasteiger partial charge in [0.2, 0.25) is 5.91 Å². The Hall–Kier alpha value is -2.23. The molecule has 2 aliphatic carbocycles. The van der Waals surface area contributed by atoms with Gasteiger partial charge in [0, 0.05) is 23.9 Å². The minimum Gasteiger partial charge on any atom is -0.310 e. The maximum absolute atomic E-state index is 12.4. The summed E-state index contributed by atoms with van der Waals surface area (Å²) in [6.45, 7) is 2.01. The van der Waals surface area contributed by atoms with Gasteiger partial charge >= 0.3 is 0 Å². The number of pyridine rings is 2. The van der Waals surface area contributed by atoms with E-state index in [9.17, 15) is 4.79 Å². The summed E-state index contributed by atoms with van der Waals surface area (Å²) in [7, 11) is 0. The summed E-state index contributed by atoms with van der Waals surface area (Å²) in [5.41, 5.74) is 2.98. The predicted octanol–water partition coefficient (Wildman–Crippen LogP) is 3.44. The van der Waals surface area contributed by atoms with Gasteiger partial charge in [0.25, 0.3) is 0 Å². The Morgan fingerprint density at radius 3 is 2.77 bits per heavy atom. The van der Waals surface area contributed by atoms with Gasteiger partial charge in [-0.1, -0.05) is 12.5 Å². The van der Waals surface area contributed by atoms with Gasteiger partial charge in [-0.3, -0.25) is 9.78 Å². The Morgan fingerprint density at radius 1 is 1.23 bits per heavy atom. The van der Waals surface area contributed by atoms with Crippen molar-refractivity contribution in [3.05, 3.63) is 42.2 Å². The molecule has 0 bridgehead atoms. The highest BCUT2D eigenvalue weighted by atomic mass is 16.2. The van der Waals surface area contributed by atoms with E-state index in [1.165, 1.54) is 19.3 Å². The van der Waals surface area contributed by atoms with E-state index in [1.54, 1.807) is 12.4 Å². The van der Waals surface area contributed by atoms with Gasteiger partial charge in [0.05, 0.1) is 5.69 Å². The number of anilines is 1. The predicted molar refractivity (Wildman–Crippen MR) is 85.2 cm³/mol. The molecule has 112 valence electrons. The Balaban J connectivity index is 1.54. The molecule has 2 fully saturated rings. The molecule has 4 rings (SSSR count). The van der Waals surface area contributed by atoms with Gasteiger partial charge in [-0.2, -0.15) is 0 Å². The number of aryl methyl sites for hydroxylation is 1. The summed E-state index contributed by atoms with van der Waals surface area (Å²) in [6, 6.07) is 7.76. The Labute approximate surface area is 130 Å². The van der Waals surface area contributed by atoms with E-state index < -0.39 is 0 Å². The number of nitrogens with zero attached hydrogens (tertiary/aromatic N) is 2. The van der Waals surface area contributed by atoms with Crippen molar-refractivity contribution in [2.24, 2.45) is 17.8 Å². The lowest BCUT2D eigenvalue weighted by Crippen LogP contribution is -2.17. The van der Waals surface area contributed by atoms with Gasteiger partial charge in [-0.15, -0.1) is 0 Å². The van der Waals surface area contributed by atoms with E-state index in [4.69, 9.17) is 0 Å². The lowest BCUT2D eigenvalue weighted by Gasteiger charge is -2.09. The number of fused-ring (bicyclic) bond motifs is 1. The van der Waals surface area contributed by atoms with Crippen LogP contribution in [0.25, 0.3) is 11.3 Å². The Morgan fingerprint density at radius 2 is 2.05 bits per heavy atom. The molecule has 4 nitrogen and oxygen atoms in total. The smallest absolute Gasteiger partial charge is 0.229 e. The third kappa shape index (κ3) is 2.28. The van der Waals surface area contributed by atoms with E-state index in [-0.39, 0.29) is 11.8 Å². The minimum absolute atomic E-state index is 0.137. The van der Waals surface area contributed by atoms with E-state index in [1.807, 2.05) is 31.2 Å². The molecule has 2 aliphatic rings. The first-order valence-corrected chi connectivity index (χ1v) is 7.93. The maximum atomic E-state index is 12.4. The summed E-state index contributed by atoms with van der Waals surface area (Å²) in [6.07, 6.45) is 7.28. The minimum atomic E-state index is 0.137. The largest absolute Gasteiger partial charge is 0.310 e. The second-order valence-electron chi connectivity index (χ2n) is 6.37. The molecule has 2 saturated carbocycles. The van der Waals surface area contributed by atoms with Crippen molar-refractivity contribution in [1.82, 2.24) is 9.97 Å². The summed E-state index contributed by atoms with van der Waals surface area (Å²) in [4.78, 5) is 21.1. The molecular weight excluding hydrogens is 274 g/mol. The molecule has 1 unspecified atom stereocenters. The fourth-order valence-corrected chi connectivity index (χ4v) is 3.81. The first-order chi connectivity index (χ1) is 10.7. The second kappa shape index (κ2) is 5.20. The molecule has 2 aromatic heterocycles. The summed E-state index contributed by atoms with van der Waals surface area (Å²) < 4.78 is 0. The van der Waals surface area contributed by atoms with Crippen LogP contribution in [0, 0.1) is 24.7 Å². The van der Waals surface area contributed by atoms with Crippen LogP contribution in [0.5, 0.6) is 0 Å². The third-order valence-corrected chi connectivity index (χ3v) is 5.00. The van der Waals surface area contributed by atoms with Crippen LogP contribution in [0.4, 0.5) is 5.82 Å². The number of rotatable bonds is 3. The normalized spacial score (nSPS) is 25.6. The summed E-state index contributed by atoms with van der Waals surface area (Å²) in [5.74, 6) is 2.23. The quantitative estimate of drug-likeness (QED) is 0.943. The van der Waals surface area contributed by atoms with Crippen molar-refractivity contribution in [3.8, 4) is 11.3 Å². The molecule has 0 saturated heterocycles. The molecule has 0 spiro atoms. The molecular formula is C18H19N3O. The zero-order valence-electron chi connectivity index (χ0n) is 12.6. The summed E-state index contributed by atoms with van der Waals surface area (Å²) in [5, 5.41) is 2.99. The molecule has 1 N–H and O–H groups in total. The number of amides is 1. The van der Waals surface area contributed by atoms with Gasteiger partial charge in [0.1, 0.15) is 5.82 Å². The highest BCUT2D eigenvalue weighted by Crippen LogP contribution is 2.57. The monoisotopic (exact) mass is 293 g/mol. The fourth-order valence-electron chi connectivity index (χ4n) is 3.81. The summed E-state index contributed by atoms with van der Waals surface area (Å²) >= 11 is 0. The van der Waals surface area contributed by atoms with Crippen molar-refractivity contribution in [2.45, 2.75) is 26.2 Å². The topological polar surface area (TPSA) is 54.9 Å². The van der Waals surface area contributed by atoms with Crippen molar-refractivity contribution >= 4 is 11.7 Å². The van der Waals surface area contributed by atoms with Gasteiger partial charge < -0.3 is 5.32 Å².